The van der Waals surface area contributed by atoms with E-state index in [4.69, 9.17) is 17.3 Å². The van der Waals surface area contributed by atoms with Crippen LogP contribution in [0.25, 0.3) is 0 Å². The molecular formula is C12H15ClF3N3. The zero-order valence-electron chi connectivity index (χ0n) is 10.4. The van der Waals surface area contributed by atoms with Gasteiger partial charge >= 0.3 is 6.18 Å². The predicted molar refractivity (Wildman–Crippen MR) is 68.1 cm³/mol. The van der Waals surface area contributed by atoms with Gasteiger partial charge in [-0.15, -0.1) is 0 Å². The molecule has 1 aliphatic rings. The van der Waals surface area contributed by atoms with Crippen molar-refractivity contribution in [2.45, 2.75) is 31.5 Å². The van der Waals surface area contributed by atoms with Crippen LogP contribution in [0.1, 0.15) is 25.3 Å². The maximum atomic E-state index is 12.5. The van der Waals surface area contributed by atoms with E-state index in [-0.39, 0.29) is 16.4 Å². The van der Waals surface area contributed by atoms with E-state index >= 15 is 0 Å². The van der Waals surface area contributed by atoms with Crippen LogP contribution >= 0.6 is 11.6 Å². The summed E-state index contributed by atoms with van der Waals surface area (Å²) in [5.41, 5.74) is 4.50. The van der Waals surface area contributed by atoms with Gasteiger partial charge in [-0.2, -0.15) is 13.2 Å². The van der Waals surface area contributed by atoms with Crippen molar-refractivity contribution in [1.29, 1.82) is 0 Å². The molecule has 106 valence electrons. The molecule has 0 spiro atoms. The number of pyridine rings is 1. The molecule has 3 nitrogen and oxygen atoms in total. The fourth-order valence-corrected chi connectivity index (χ4v) is 2.21. The summed E-state index contributed by atoms with van der Waals surface area (Å²) in [5, 5.41) is 3.03. The summed E-state index contributed by atoms with van der Waals surface area (Å²) in [6, 6.07) is 0.876. The first-order valence-corrected chi connectivity index (χ1v) is 6.35. The normalized spacial score (nSPS) is 19.1. The highest BCUT2D eigenvalue weighted by atomic mass is 35.5. The second-order valence-corrected chi connectivity index (χ2v) is 5.48. The van der Waals surface area contributed by atoms with Crippen LogP contribution in [0, 0.1) is 5.92 Å². The van der Waals surface area contributed by atoms with Crippen molar-refractivity contribution in [2.75, 3.05) is 11.9 Å². The van der Waals surface area contributed by atoms with Gasteiger partial charge in [0.15, 0.2) is 0 Å². The lowest BCUT2D eigenvalue weighted by Crippen LogP contribution is -2.45. The van der Waals surface area contributed by atoms with Crippen LogP contribution < -0.4 is 11.1 Å². The minimum atomic E-state index is -4.44. The van der Waals surface area contributed by atoms with Crippen molar-refractivity contribution in [2.24, 2.45) is 11.7 Å². The molecule has 0 amide bonds. The summed E-state index contributed by atoms with van der Waals surface area (Å²) < 4.78 is 37.5. The second-order valence-electron chi connectivity index (χ2n) is 5.07. The summed E-state index contributed by atoms with van der Waals surface area (Å²) >= 11 is 5.86. The molecule has 0 bridgehead atoms. The maximum Gasteiger partial charge on any atom is 0.417 e. The lowest BCUT2D eigenvalue weighted by Gasteiger charge is -2.30. The number of rotatable bonds is 4. The third-order valence-corrected chi connectivity index (χ3v) is 3.76. The monoisotopic (exact) mass is 293 g/mol. The maximum absolute atomic E-state index is 12.5. The molecule has 1 heterocycles. The van der Waals surface area contributed by atoms with E-state index in [1.165, 1.54) is 0 Å². The molecule has 0 saturated heterocycles. The number of alkyl halides is 3. The van der Waals surface area contributed by atoms with Crippen molar-refractivity contribution in [1.82, 2.24) is 4.98 Å². The Labute approximate surface area is 114 Å². The van der Waals surface area contributed by atoms with Crippen LogP contribution in [0.15, 0.2) is 12.3 Å². The number of anilines is 1. The molecule has 7 heteroatoms. The summed E-state index contributed by atoms with van der Waals surface area (Å²) in [5.74, 6) is 0.659. The van der Waals surface area contributed by atoms with Crippen LogP contribution in [0.3, 0.4) is 0 Å². The van der Waals surface area contributed by atoms with Gasteiger partial charge in [-0.05, 0) is 31.7 Å². The van der Waals surface area contributed by atoms with E-state index in [9.17, 15) is 13.2 Å². The van der Waals surface area contributed by atoms with Gasteiger partial charge in [-0.25, -0.2) is 4.98 Å². The highest BCUT2D eigenvalue weighted by Gasteiger charge is 2.41. The molecule has 1 saturated carbocycles. The number of aromatic nitrogens is 1. The molecule has 0 radical (unpaired) electrons. The molecule has 1 atom stereocenters. The Balaban J connectivity index is 2.22. The van der Waals surface area contributed by atoms with E-state index < -0.39 is 11.7 Å². The zero-order valence-corrected chi connectivity index (χ0v) is 11.1. The number of nitrogens with two attached hydrogens (primary N) is 1. The van der Waals surface area contributed by atoms with Gasteiger partial charge in [0.2, 0.25) is 0 Å². The van der Waals surface area contributed by atoms with Crippen LogP contribution in [0.4, 0.5) is 19.0 Å². The van der Waals surface area contributed by atoms with E-state index in [1.807, 2.05) is 6.92 Å². The Bertz CT molecular complexity index is 474. The summed E-state index contributed by atoms with van der Waals surface area (Å²) in [6.07, 6.45) is -1.56. The smallest absolute Gasteiger partial charge is 0.362 e. The van der Waals surface area contributed by atoms with E-state index in [1.54, 1.807) is 0 Å². The van der Waals surface area contributed by atoms with Gasteiger partial charge in [0, 0.05) is 12.7 Å². The number of halogens is 4. The van der Waals surface area contributed by atoms with Gasteiger partial charge in [0.1, 0.15) is 5.82 Å². The fourth-order valence-electron chi connectivity index (χ4n) is 2.00. The molecular weight excluding hydrogens is 279 g/mol. The van der Waals surface area contributed by atoms with Crippen LogP contribution in [-0.2, 0) is 6.18 Å². The number of hydrogen-bond donors (Lipinski definition) is 2. The Kier molecular flexibility index (Phi) is 3.66. The summed E-state index contributed by atoms with van der Waals surface area (Å²) in [7, 11) is 0. The molecule has 0 aromatic carbocycles. The molecule has 1 aliphatic carbocycles. The number of nitrogens with zero attached hydrogens (tertiary/aromatic N) is 1. The van der Waals surface area contributed by atoms with Crippen molar-refractivity contribution in [3.05, 3.63) is 22.8 Å². The Morgan fingerprint density at radius 1 is 1.47 bits per heavy atom. The SMILES string of the molecule is CC(CN)(Nc1ncc(C(F)(F)F)cc1Cl)C1CC1. The predicted octanol–water partition coefficient (Wildman–Crippen LogP) is 3.29. The summed E-state index contributed by atoms with van der Waals surface area (Å²) in [4.78, 5) is 3.77. The Hall–Kier alpha value is -1.01. The van der Waals surface area contributed by atoms with Crippen molar-refractivity contribution in [3.8, 4) is 0 Å². The molecule has 1 fully saturated rings. The van der Waals surface area contributed by atoms with Gasteiger partial charge in [0.25, 0.3) is 0 Å². The first-order chi connectivity index (χ1) is 8.76. The number of hydrogen-bond acceptors (Lipinski definition) is 3. The van der Waals surface area contributed by atoms with E-state index in [2.05, 4.69) is 10.3 Å². The standard InChI is InChI=1S/C12H15ClF3N3/c1-11(6-17,7-2-3-7)19-10-9(13)4-8(5-18-10)12(14,15)16/h4-5,7H,2-3,6,17H2,1H3,(H,18,19). The van der Waals surface area contributed by atoms with Gasteiger partial charge in [-0.1, -0.05) is 11.6 Å². The average Bonchev–Trinajstić information content (AvgIpc) is 3.14. The Morgan fingerprint density at radius 3 is 2.53 bits per heavy atom. The van der Waals surface area contributed by atoms with Gasteiger partial charge < -0.3 is 11.1 Å². The van der Waals surface area contributed by atoms with Gasteiger partial charge in [0.05, 0.1) is 16.1 Å². The second kappa shape index (κ2) is 4.83. The topological polar surface area (TPSA) is 50.9 Å². The van der Waals surface area contributed by atoms with Crippen LogP contribution in [0.2, 0.25) is 5.02 Å². The van der Waals surface area contributed by atoms with Gasteiger partial charge in [-0.3, -0.25) is 0 Å². The van der Waals surface area contributed by atoms with Crippen molar-refractivity contribution in [3.63, 3.8) is 0 Å². The highest BCUT2D eigenvalue weighted by Crippen LogP contribution is 2.41. The zero-order chi connectivity index (χ0) is 14.3. The lowest BCUT2D eigenvalue weighted by atomic mass is 9.96. The number of nitrogens with one attached hydrogen (secondary N) is 1. The lowest BCUT2D eigenvalue weighted by molar-refractivity contribution is -0.137. The van der Waals surface area contributed by atoms with E-state index in [0.29, 0.717) is 12.5 Å². The van der Waals surface area contributed by atoms with Crippen LogP contribution in [0.5, 0.6) is 0 Å². The fraction of sp³-hybridized carbons (Fsp3) is 0.583. The molecule has 1 unspecified atom stereocenters. The minimum absolute atomic E-state index is 0.0462. The molecule has 3 N–H and O–H groups in total. The van der Waals surface area contributed by atoms with E-state index in [0.717, 1.165) is 25.1 Å². The summed E-state index contributed by atoms with van der Waals surface area (Å²) in [6.45, 7) is 2.30. The third kappa shape index (κ3) is 3.12. The third-order valence-electron chi connectivity index (χ3n) is 3.47. The first-order valence-electron chi connectivity index (χ1n) is 5.97. The van der Waals surface area contributed by atoms with Crippen LogP contribution in [-0.4, -0.2) is 17.1 Å². The first kappa shape index (κ1) is 14.4. The van der Waals surface area contributed by atoms with Crippen molar-refractivity contribution < 1.29 is 13.2 Å². The molecule has 19 heavy (non-hydrogen) atoms. The molecule has 1 aromatic rings. The quantitative estimate of drug-likeness (QED) is 0.895. The minimum Gasteiger partial charge on any atom is -0.362 e. The highest BCUT2D eigenvalue weighted by molar-refractivity contribution is 6.33. The molecule has 1 aromatic heterocycles. The average molecular weight is 294 g/mol. The molecule has 0 aliphatic heterocycles. The van der Waals surface area contributed by atoms with Crippen molar-refractivity contribution >= 4 is 17.4 Å². The Morgan fingerprint density at radius 2 is 2.11 bits per heavy atom. The largest absolute Gasteiger partial charge is 0.417 e. The molecule has 2 rings (SSSR count).